The van der Waals surface area contributed by atoms with Gasteiger partial charge in [-0.3, -0.25) is 10.1 Å². The minimum Gasteiger partial charge on any atom is -0.365 e. The minimum absolute atomic E-state index is 0.0270. The molecule has 114 valence electrons. The third-order valence-corrected chi connectivity index (χ3v) is 4.27. The topological polar surface area (TPSA) is 52.4 Å². The van der Waals surface area contributed by atoms with Crippen molar-refractivity contribution in [2.75, 3.05) is 0 Å². The van der Waals surface area contributed by atoms with Crippen molar-refractivity contribution >= 4 is 17.3 Å². The highest BCUT2D eigenvalue weighted by atomic mass is 35.5. The van der Waals surface area contributed by atoms with Gasteiger partial charge in [0.15, 0.2) is 0 Å². The lowest BCUT2D eigenvalue weighted by Gasteiger charge is -2.33. The molecule has 0 spiro atoms. The molecule has 3 atom stereocenters. The van der Waals surface area contributed by atoms with E-state index in [4.69, 9.17) is 16.3 Å². The van der Waals surface area contributed by atoms with Crippen LogP contribution >= 0.6 is 11.6 Å². The fraction of sp³-hybridized carbons (Fsp3) is 0.294. The molecule has 22 heavy (non-hydrogen) atoms. The number of halogens is 1. The smallest absolute Gasteiger partial charge is 0.269 e. The molecular formula is C17H16ClNO3. The number of hydrogen-bond acceptors (Lipinski definition) is 3. The highest BCUT2D eigenvalue weighted by Gasteiger charge is 2.30. The number of alkyl halides is 1. The zero-order chi connectivity index (χ0) is 15.5. The van der Waals surface area contributed by atoms with Crippen molar-refractivity contribution in [1.29, 1.82) is 0 Å². The molecule has 1 saturated heterocycles. The van der Waals surface area contributed by atoms with Gasteiger partial charge in [-0.15, -0.1) is 11.6 Å². The zero-order valence-corrected chi connectivity index (χ0v) is 12.6. The molecule has 2 aromatic carbocycles. The van der Waals surface area contributed by atoms with Gasteiger partial charge in [0.05, 0.1) is 17.1 Å². The van der Waals surface area contributed by atoms with E-state index in [1.165, 1.54) is 12.1 Å². The summed E-state index contributed by atoms with van der Waals surface area (Å²) in [6.45, 7) is 0. The maximum absolute atomic E-state index is 10.7. The van der Waals surface area contributed by atoms with Gasteiger partial charge < -0.3 is 4.74 Å². The first-order valence-corrected chi connectivity index (χ1v) is 7.66. The van der Waals surface area contributed by atoms with Crippen LogP contribution in [0.15, 0.2) is 54.6 Å². The molecule has 5 heteroatoms. The van der Waals surface area contributed by atoms with Crippen molar-refractivity contribution < 1.29 is 9.66 Å². The van der Waals surface area contributed by atoms with E-state index in [0.717, 1.165) is 17.5 Å². The predicted octanol–water partition coefficient (Wildman–Crippen LogP) is 4.80. The average Bonchev–Trinajstić information content (AvgIpc) is 2.55. The summed E-state index contributed by atoms with van der Waals surface area (Å²) >= 11 is 6.40. The molecule has 2 aromatic rings. The number of nitrogens with zero attached hydrogens (tertiary/aromatic N) is 1. The van der Waals surface area contributed by atoms with Gasteiger partial charge in [-0.2, -0.15) is 0 Å². The number of nitro groups is 1. The molecule has 0 bridgehead atoms. The highest BCUT2D eigenvalue weighted by molar-refractivity contribution is 6.20. The molecule has 0 aliphatic carbocycles. The largest absolute Gasteiger partial charge is 0.365 e. The molecular weight excluding hydrogens is 302 g/mol. The molecule has 3 unspecified atom stereocenters. The van der Waals surface area contributed by atoms with Gasteiger partial charge >= 0.3 is 0 Å². The Morgan fingerprint density at radius 1 is 0.955 bits per heavy atom. The van der Waals surface area contributed by atoms with Crippen LogP contribution in [0, 0.1) is 10.1 Å². The first-order chi connectivity index (χ1) is 10.6. The Balaban J connectivity index is 1.80. The van der Waals surface area contributed by atoms with Gasteiger partial charge in [-0.25, -0.2) is 0 Å². The molecule has 1 aliphatic heterocycles. The Morgan fingerprint density at radius 2 is 1.50 bits per heavy atom. The molecule has 4 nitrogen and oxygen atoms in total. The SMILES string of the molecule is O=[N+]([O-])c1ccc(C2CC(Cl)CC(c3ccccc3)O2)cc1. The van der Waals surface area contributed by atoms with Crippen LogP contribution in [0.4, 0.5) is 5.69 Å². The average molecular weight is 318 g/mol. The van der Waals surface area contributed by atoms with Crippen LogP contribution in [-0.2, 0) is 4.74 Å². The zero-order valence-electron chi connectivity index (χ0n) is 11.9. The fourth-order valence-corrected chi connectivity index (χ4v) is 3.10. The number of ether oxygens (including phenoxy) is 1. The van der Waals surface area contributed by atoms with E-state index in [1.807, 2.05) is 30.3 Å². The second-order valence-corrected chi connectivity index (χ2v) is 6.06. The predicted molar refractivity (Wildman–Crippen MR) is 85.0 cm³/mol. The van der Waals surface area contributed by atoms with E-state index < -0.39 is 4.92 Å². The lowest BCUT2D eigenvalue weighted by atomic mass is 9.94. The molecule has 0 saturated carbocycles. The Kier molecular flexibility index (Phi) is 4.41. The molecule has 0 amide bonds. The number of benzene rings is 2. The van der Waals surface area contributed by atoms with Gasteiger partial charge in [0, 0.05) is 17.5 Å². The summed E-state index contributed by atoms with van der Waals surface area (Å²) in [6.07, 6.45) is 1.30. The highest BCUT2D eigenvalue weighted by Crippen LogP contribution is 2.40. The Labute approximate surface area is 133 Å². The Bertz CT molecular complexity index is 645. The Morgan fingerprint density at radius 3 is 2.05 bits per heavy atom. The van der Waals surface area contributed by atoms with Crippen LogP contribution in [0.1, 0.15) is 36.2 Å². The first-order valence-electron chi connectivity index (χ1n) is 7.22. The molecule has 0 aromatic heterocycles. The van der Waals surface area contributed by atoms with Gasteiger partial charge in [-0.05, 0) is 36.1 Å². The Hall–Kier alpha value is -1.91. The van der Waals surface area contributed by atoms with Crippen molar-refractivity contribution in [2.24, 2.45) is 0 Å². The summed E-state index contributed by atoms with van der Waals surface area (Å²) in [5, 5.41) is 10.8. The molecule has 1 fully saturated rings. The van der Waals surface area contributed by atoms with E-state index in [9.17, 15) is 10.1 Å². The first kappa shape index (κ1) is 15.0. The summed E-state index contributed by atoms with van der Waals surface area (Å²) in [7, 11) is 0. The van der Waals surface area contributed by atoms with Crippen LogP contribution in [0.3, 0.4) is 0 Å². The summed E-state index contributed by atoms with van der Waals surface area (Å²) < 4.78 is 6.17. The van der Waals surface area contributed by atoms with Gasteiger partial charge in [0.2, 0.25) is 0 Å². The lowest BCUT2D eigenvalue weighted by Crippen LogP contribution is -2.23. The third kappa shape index (κ3) is 3.29. The number of non-ortho nitro benzene ring substituents is 1. The van der Waals surface area contributed by atoms with Crippen molar-refractivity contribution in [3.63, 3.8) is 0 Å². The van der Waals surface area contributed by atoms with E-state index in [-0.39, 0.29) is 23.3 Å². The van der Waals surface area contributed by atoms with Crippen molar-refractivity contribution in [3.05, 3.63) is 75.8 Å². The minimum atomic E-state index is -0.400. The number of hydrogen-bond donors (Lipinski definition) is 0. The van der Waals surface area contributed by atoms with Crippen LogP contribution < -0.4 is 0 Å². The maximum atomic E-state index is 10.7. The second-order valence-electron chi connectivity index (χ2n) is 5.44. The molecule has 0 N–H and O–H groups in total. The summed E-state index contributed by atoms with van der Waals surface area (Å²) in [5.74, 6) is 0. The molecule has 1 heterocycles. The normalized spacial score (nSPS) is 24.9. The van der Waals surface area contributed by atoms with Gasteiger partial charge in [-0.1, -0.05) is 30.3 Å². The van der Waals surface area contributed by atoms with Gasteiger partial charge in [0.1, 0.15) is 0 Å². The van der Waals surface area contributed by atoms with E-state index in [2.05, 4.69) is 0 Å². The van der Waals surface area contributed by atoms with E-state index in [0.29, 0.717) is 6.42 Å². The second kappa shape index (κ2) is 6.46. The monoisotopic (exact) mass is 317 g/mol. The van der Waals surface area contributed by atoms with E-state index in [1.54, 1.807) is 12.1 Å². The standard InChI is InChI=1S/C17H16ClNO3/c18-14-10-16(12-4-2-1-3-5-12)22-17(11-14)13-6-8-15(9-7-13)19(20)21/h1-9,14,16-17H,10-11H2. The number of nitro benzene ring substituents is 1. The van der Waals surface area contributed by atoms with E-state index >= 15 is 0 Å². The van der Waals surface area contributed by atoms with Crippen LogP contribution in [-0.4, -0.2) is 10.3 Å². The fourth-order valence-electron chi connectivity index (χ4n) is 2.78. The summed E-state index contributed by atoms with van der Waals surface area (Å²) in [6, 6.07) is 16.5. The van der Waals surface area contributed by atoms with Gasteiger partial charge in [0.25, 0.3) is 5.69 Å². The van der Waals surface area contributed by atoms with Crippen LogP contribution in [0.25, 0.3) is 0 Å². The van der Waals surface area contributed by atoms with Crippen LogP contribution in [0.5, 0.6) is 0 Å². The van der Waals surface area contributed by atoms with Crippen molar-refractivity contribution in [2.45, 2.75) is 30.4 Å². The summed E-state index contributed by atoms with van der Waals surface area (Å²) in [4.78, 5) is 10.3. The third-order valence-electron chi connectivity index (χ3n) is 3.92. The maximum Gasteiger partial charge on any atom is 0.269 e. The number of rotatable bonds is 3. The summed E-state index contributed by atoms with van der Waals surface area (Å²) in [5.41, 5.74) is 2.12. The molecule has 3 rings (SSSR count). The van der Waals surface area contributed by atoms with Crippen molar-refractivity contribution in [1.82, 2.24) is 0 Å². The lowest BCUT2D eigenvalue weighted by molar-refractivity contribution is -0.384. The molecule has 1 aliphatic rings. The van der Waals surface area contributed by atoms with Crippen molar-refractivity contribution in [3.8, 4) is 0 Å². The molecule has 0 radical (unpaired) electrons. The van der Waals surface area contributed by atoms with Crippen LogP contribution in [0.2, 0.25) is 0 Å². The quantitative estimate of drug-likeness (QED) is 0.464.